The molecule has 2 N–H and O–H groups in total. The second-order valence-electron chi connectivity index (χ2n) is 4.13. The van der Waals surface area contributed by atoms with Crippen LogP contribution >= 0.6 is 0 Å². The van der Waals surface area contributed by atoms with Crippen LogP contribution < -0.4 is 15.4 Å². The third kappa shape index (κ3) is 2.90. The maximum absolute atomic E-state index is 11.6. The molecule has 0 fully saturated rings. The van der Waals surface area contributed by atoms with Crippen molar-refractivity contribution in [3.63, 3.8) is 0 Å². The molecule has 1 aromatic rings. The van der Waals surface area contributed by atoms with Gasteiger partial charge in [-0.15, -0.1) is 0 Å². The van der Waals surface area contributed by atoms with Gasteiger partial charge in [-0.05, 0) is 12.5 Å². The van der Waals surface area contributed by atoms with E-state index in [0.29, 0.717) is 13.2 Å². The first-order chi connectivity index (χ1) is 8.31. The Morgan fingerprint density at radius 3 is 3.12 bits per heavy atom. The fraction of sp³-hybridized carbons (Fsp3) is 0.462. The van der Waals surface area contributed by atoms with E-state index < -0.39 is 0 Å². The normalized spacial score (nSPS) is 17.8. The Morgan fingerprint density at radius 2 is 2.29 bits per heavy atom. The maximum atomic E-state index is 11.6. The first-order valence-corrected chi connectivity index (χ1v) is 6.07. The summed E-state index contributed by atoms with van der Waals surface area (Å²) in [5, 5.41) is 5.80. The minimum absolute atomic E-state index is 0.0526. The van der Waals surface area contributed by atoms with E-state index in [4.69, 9.17) is 4.74 Å². The zero-order chi connectivity index (χ0) is 12.1. The van der Waals surface area contributed by atoms with Gasteiger partial charge in [-0.2, -0.15) is 0 Å². The standard InChI is InChI=1S/C13H18N2O2/c1-2-8-14-13(16)15-11-7-9-17-12-6-4-3-5-10(11)12/h3-6,11H,2,7-9H2,1H3,(H2,14,15,16). The van der Waals surface area contributed by atoms with Crippen molar-refractivity contribution in [2.75, 3.05) is 13.2 Å². The molecule has 0 radical (unpaired) electrons. The second-order valence-corrected chi connectivity index (χ2v) is 4.13. The monoisotopic (exact) mass is 234 g/mol. The maximum Gasteiger partial charge on any atom is 0.315 e. The van der Waals surface area contributed by atoms with E-state index in [1.807, 2.05) is 31.2 Å². The molecule has 4 heteroatoms. The third-order valence-corrected chi connectivity index (χ3v) is 2.80. The number of carbonyl (C=O) groups excluding carboxylic acids is 1. The first kappa shape index (κ1) is 11.8. The molecule has 0 aliphatic carbocycles. The van der Waals surface area contributed by atoms with Crippen molar-refractivity contribution in [2.24, 2.45) is 0 Å². The van der Waals surface area contributed by atoms with Crippen molar-refractivity contribution >= 4 is 6.03 Å². The fourth-order valence-electron chi connectivity index (χ4n) is 1.94. The van der Waals surface area contributed by atoms with E-state index >= 15 is 0 Å². The van der Waals surface area contributed by atoms with Crippen LogP contribution in [0.5, 0.6) is 5.75 Å². The Hall–Kier alpha value is -1.71. The lowest BCUT2D eigenvalue weighted by Gasteiger charge is -2.26. The highest BCUT2D eigenvalue weighted by Crippen LogP contribution is 2.31. The highest BCUT2D eigenvalue weighted by Gasteiger charge is 2.22. The number of rotatable bonds is 3. The number of urea groups is 1. The number of carbonyl (C=O) groups is 1. The number of hydrogen-bond donors (Lipinski definition) is 2. The molecule has 1 aliphatic heterocycles. The largest absolute Gasteiger partial charge is 0.493 e. The van der Waals surface area contributed by atoms with Crippen molar-refractivity contribution in [1.82, 2.24) is 10.6 Å². The molecule has 4 nitrogen and oxygen atoms in total. The van der Waals surface area contributed by atoms with Crippen LogP contribution in [-0.4, -0.2) is 19.2 Å². The SMILES string of the molecule is CCCNC(=O)NC1CCOc2ccccc21. The first-order valence-electron chi connectivity index (χ1n) is 6.07. The van der Waals surface area contributed by atoms with E-state index in [-0.39, 0.29) is 12.1 Å². The van der Waals surface area contributed by atoms with Crippen LogP contribution in [0.25, 0.3) is 0 Å². The van der Waals surface area contributed by atoms with Gasteiger partial charge in [-0.1, -0.05) is 25.1 Å². The molecule has 1 aliphatic rings. The summed E-state index contributed by atoms with van der Waals surface area (Å²) in [6.45, 7) is 3.39. The van der Waals surface area contributed by atoms with Crippen LogP contribution in [0.15, 0.2) is 24.3 Å². The molecule has 1 unspecified atom stereocenters. The molecule has 0 saturated heterocycles. The van der Waals surface area contributed by atoms with Gasteiger partial charge in [0.15, 0.2) is 0 Å². The Balaban J connectivity index is 2.01. The lowest BCUT2D eigenvalue weighted by Crippen LogP contribution is -2.39. The molecule has 1 aromatic carbocycles. The van der Waals surface area contributed by atoms with Gasteiger partial charge in [0.05, 0.1) is 12.6 Å². The molecular formula is C13H18N2O2. The van der Waals surface area contributed by atoms with Crippen molar-refractivity contribution in [2.45, 2.75) is 25.8 Å². The molecule has 1 heterocycles. The Bertz CT molecular complexity index is 393. The van der Waals surface area contributed by atoms with E-state index in [2.05, 4.69) is 10.6 Å². The average molecular weight is 234 g/mol. The summed E-state index contributed by atoms with van der Waals surface area (Å²) in [5.74, 6) is 0.875. The Labute approximate surface area is 101 Å². The Kier molecular flexibility index (Phi) is 3.85. The van der Waals surface area contributed by atoms with Gasteiger partial charge in [-0.25, -0.2) is 4.79 Å². The summed E-state index contributed by atoms with van der Waals surface area (Å²) < 4.78 is 5.54. The van der Waals surface area contributed by atoms with Gasteiger partial charge < -0.3 is 15.4 Å². The summed E-state index contributed by atoms with van der Waals surface area (Å²) in [7, 11) is 0. The lowest BCUT2D eigenvalue weighted by molar-refractivity contribution is 0.223. The third-order valence-electron chi connectivity index (χ3n) is 2.80. The quantitative estimate of drug-likeness (QED) is 0.842. The molecular weight excluding hydrogens is 216 g/mol. The van der Waals surface area contributed by atoms with Crippen LogP contribution in [0, 0.1) is 0 Å². The van der Waals surface area contributed by atoms with E-state index in [1.54, 1.807) is 0 Å². The van der Waals surface area contributed by atoms with Crippen LogP contribution in [0.4, 0.5) is 4.79 Å². The fourth-order valence-corrected chi connectivity index (χ4v) is 1.94. The van der Waals surface area contributed by atoms with E-state index in [9.17, 15) is 4.79 Å². The highest BCUT2D eigenvalue weighted by atomic mass is 16.5. The Morgan fingerprint density at radius 1 is 1.47 bits per heavy atom. The summed E-state index contributed by atoms with van der Waals surface area (Å²) in [6.07, 6.45) is 1.76. The van der Waals surface area contributed by atoms with Crippen LogP contribution in [0.3, 0.4) is 0 Å². The van der Waals surface area contributed by atoms with Crippen molar-refractivity contribution in [3.8, 4) is 5.75 Å². The number of amides is 2. The topological polar surface area (TPSA) is 50.4 Å². The number of hydrogen-bond acceptors (Lipinski definition) is 2. The van der Waals surface area contributed by atoms with Crippen LogP contribution in [-0.2, 0) is 0 Å². The van der Waals surface area contributed by atoms with Gasteiger partial charge in [0.1, 0.15) is 5.75 Å². The summed E-state index contributed by atoms with van der Waals surface area (Å²) in [5.41, 5.74) is 1.06. The summed E-state index contributed by atoms with van der Waals surface area (Å²) in [4.78, 5) is 11.6. The molecule has 2 rings (SSSR count). The smallest absolute Gasteiger partial charge is 0.315 e. The van der Waals surface area contributed by atoms with Gasteiger partial charge in [-0.3, -0.25) is 0 Å². The summed E-state index contributed by atoms with van der Waals surface area (Å²) in [6, 6.07) is 7.79. The van der Waals surface area contributed by atoms with Gasteiger partial charge >= 0.3 is 6.03 Å². The second kappa shape index (κ2) is 5.57. The minimum atomic E-state index is -0.103. The number of fused-ring (bicyclic) bond motifs is 1. The van der Waals surface area contributed by atoms with Crippen molar-refractivity contribution < 1.29 is 9.53 Å². The molecule has 0 aromatic heterocycles. The van der Waals surface area contributed by atoms with Gasteiger partial charge in [0.2, 0.25) is 0 Å². The van der Waals surface area contributed by atoms with Crippen LogP contribution in [0.1, 0.15) is 31.4 Å². The van der Waals surface area contributed by atoms with Gasteiger partial charge in [0, 0.05) is 18.5 Å². The highest BCUT2D eigenvalue weighted by molar-refractivity contribution is 5.74. The molecule has 0 spiro atoms. The van der Waals surface area contributed by atoms with E-state index in [0.717, 1.165) is 24.2 Å². The van der Waals surface area contributed by atoms with Crippen molar-refractivity contribution in [1.29, 1.82) is 0 Å². The zero-order valence-corrected chi connectivity index (χ0v) is 10.0. The van der Waals surface area contributed by atoms with E-state index in [1.165, 1.54) is 0 Å². The van der Waals surface area contributed by atoms with Crippen molar-refractivity contribution in [3.05, 3.63) is 29.8 Å². The predicted molar refractivity (Wildman–Crippen MR) is 66.1 cm³/mol. The molecule has 0 bridgehead atoms. The molecule has 0 saturated carbocycles. The summed E-state index contributed by atoms with van der Waals surface area (Å²) >= 11 is 0. The molecule has 92 valence electrons. The minimum Gasteiger partial charge on any atom is -0.493 e. The van der Waals surface area contributed by atoms with Gasteiger partial charge in [0.25, 0.3) is 0 Å². The molecule has 1 atom stereocenters. The predicted octanol–water partition coefficient (Wildman–Crippen LogP) is 2.22. The molecule has 17 heavy (non-hydrogen) atoms. The number of ether oxygens (including phenoxy) is 1. The van der Waals surface area contributed by atoms with Crippen LogP contribution in [0.2, 0.25) is 0 Å². The molecule has 2 amide bonds. The number of para-hydroxylation sites is 1. The average Bonchev–Trinajstić information content (AvgIpc) is 2.37. The number of nitrogens with one attached hydrogen (secondary N) is 2. The number of benzene rings is 1. The zero-order valence-electron chi connectivity index (χ0n) is 10.0. The lowest BCUT2D eigenvalue weighted by atomic mass is 10.0.